The lowest BCUT2D eigenvalue weighted by atomic mass is 9.91. The molecule has 2 N–H and O–H groups in total. The minimum absolute atomic E-state index is 0.00590. The van der Waals surface area contributed by atoms with Crippen molar-refractivity contribution >= 4 is 23.5 Å². The van der Waals surface area contributed by atoms with Crippen LogP contribution in [0.3, 0.4) is 0 Å². The molecule has 2 atom stereocenters. The fourth-order valence-corrected chi connectivity index (χ4v) is 3.41. The molecule has 27 heavy (non-hydrogen) atoms. The molecule has 0 aliphatic heterocycles. The van der Waals surface area contributed by atoms with Crippen LogP contribution in [0.1, 0.15) is 36.9 Å². The second kappa shape index (κ2) is 8.99. The van der Waals surface area contributed by atoms with Crippen LogP contribution in [0.5, 0.6) is 0 Å². The van der Waals surface area contributed by atoms with E-state index >= 15 is 0 Å². The number of alkyl carbamates (subject to hydrolysis) is 1. The molecule has 0 unspecified atom stereocenters. The minimum Gasteiger partial charge on any atom is -0.445 e. The average Bonchev–Trinajstić information content (AvgIpc) is 2.65. The molecule has 3 rings (SSSR count). The topological polar surface area (TPSA) is 76.1 Å². The molecule has 1 amide bonds. The number of benzene rings is 1. The van der Waals surface area contributed by atoms with Crippen molar-refractivity contribution in [2.24, 2.45) is 0 Å². The first-order chi connectivity index (χ1) is 13.0. The highest BCUT2D eigenvalue weighted by Crippen LogP contribution is 2.24. The normalized spacial score (nSPS) is 19.4. The third-order valence-electron chi connectivity index (χ3n) is 4.54. The predicted molar refractivity (Wildman–Crippen MR) is 101 cm³/mol. The van der Waals surface area contributed by atoms with Crippen LogP contribution in [-0.4, -0.2) is 28.1 Å². The minimum atomic E-state index is -0.503. The number of anilines is 1. The van der Waals surface area contributed by atoms with E-state index in [1.807, 2.05) is 30.3 Å². The number of ether oxygens (including phenoxy) is 1. The number of aryl methyl sites for hydroxylation is 1. The van der Waals surface area contributed by atoms with Gasteiger partial charge in [0.15, 0.2) is 11.6 Å². The van der Waals surface area contributed by atoms with Crippen LogP contribution in [0.2, 0.25) is 5.28 Å². The Balaban J connectivity index is 1.51. The highest BCUT2D eigenvalue weighted by Gasteiger charge is 2.25. The zero-order valence-electron chi connectivity index (χ0n) is 15.0. The van der Waals surface area contributed by atoms with Crippen molar-refractivity contribution in [3.63, 3.8) is 0 Å². The van der Waals surface area contributed by atoms with E-state index in [4.69, 9.17) is 16.3 Å². The Morgan fingerprint density at radius 1 is 1.26 bits per heavy atom. The van der Waals surface area contributed by atoms with Crippen LogP contribution in [0.15, 0.2) is 30.3 Å². The molecule has 0 bridgehead atoms. The fraction of sp³-hybridized carbons (Fsp3) is 0.421. The van der Waals surface area contributed by atoms with Gasteiger partial charge in [0.1, 0.15) is 6.61 Å². The van der Waals surface area contributed by atoms with Crippen LogP contribution >= 0.6 is 11.6 Å². The Kier molecular flexibility index (Phi) is 6.45. The van der Waals surface area contributed by atoms with Gasteiger partial charge in [0.25, 0.3) is 0 Å². The molecule has 1 aliphatic rings. The Labute approximate surface area is 162 Å². The van der Waals surface area contributed by atoms with Gasteiger partial charge < -0.3 is 15.4 Å². The number of halogens is 2. The molecule has 0 radical (unpaired) electrons. The molecule has 1 aliphatic carbocycles. The molecule has 8 heteroatoms. The van der Waals surface area contributed by atoms with Gasteiger partial charge in [0, 0.05) is 12.1 Å². The Bertz CT molecular complexity index is 791. The van der Waals surface area contributed by atoms with E-state index in [0.29, 0.717) is 6.42 Å². The van der Waals surface area contributed by atoms with Crippen molar-refractivity contribution in [1.29, 1.82) is 0 Å². The van der Waals surface area contributed by atoms with Gasteiger partial charge in [-0.1, -0.05) is 30.3 Å². The maximum Gasteiger partial charge on any atom is 0.407 e. The highest BCUT2D eigenvalue weighted by molar-refractivity contribution is 6.28. The fourth-order valence-electron chi connectivity index (χ4n) is 3.20. The molecule has 144 valence electrons. The predicted octanol–water partition coefficient (Wildman–Crippen LogP) is 4.23. The summed E-state index contributed by atoms with van der Waals surface area (Å²) in [7, 11) is 0. The molecule has 0 spiro atoms. The van der Waals surface area contributed by atoms with Gasteiger partial charge in [-0.05, 0) is 49.8 Å². The number of nitrogens with one attached hydrogen (secondary N) is 2. The second-order valence-electron chi connectivity index (χ2n) is 6.65. The Hall–Kier alpha value is -2.41. The van der Waals surface area contributed by atoms with E-state index in [-0.39, 0.29) is 35.5 Å². The first kappa shape index (κ1) is 19.4. The van der Waals surface area contributed by atoms with Gasteiger partial charge in [0.05, 0.1) is 5.69 Å². The largest absolute Gasteiger partial charge is 0.445 e. The number of carbonyl (C=O) groups excluding carboxylic acids is 1. The molecule has 1 saturated carbocycles. The van der Waals surface area contributed by atoms with Gasteiger partial charge >= 0.3 is 6.09 Å². The molecule has 1 heterocycles. The summed E-state index contributed by atoms with van der Waals surface area (Å²) in [4.78, 5) is 19.8. The van der Waals surface area contributed by atoms with Crippen LogP contribution in [0.4, 0.5) is 15.0 Å². The van der Waals surface area contributed by atoms with Gasteiger partial charge in [-0.15, -0.1) is 0 Å². The molecule has 6 nitrogen and oxygen atoms in total. The SMILES string of the molecule is Cc1nc(Cl)nc(N[C@@H]2CCC[C@H](NC(=O)OCc3ccccc3)C2)c1F. The third kappa shape index (κ3) is 5.53. The van der Waals surface area contributed by atoms with Crippen LogP contribution < -0.4 is 10.6 Å². The summed E-state index contributed by atoms with van der Waals surface area (Å²) in [6.07, 6.45) is 2.82. The van der Waals surface area contributed by atoms with E-state index in [1.54, 1.807) is 6.92 Å². The number of hydrogen-bond acceptors (Lipinski definition) is 5. The molecule has 2 aromatic rings. The standard InChI is InChI=1S/C19H22ClFN4O2/c1-12-16(21)17(25-18(20)22-12)23-14-8-5-9-15(10-14)24-19(26)27-11-13-6-3-2-4-7-13/h2-4,6-7,14-15H,5,8-11H2,1H3,(H,24,26)(H,22,23,25)/t14-,15+/m1/s1. The Morgan fingerprint density at radius 2 is 2.00 bits per heavy atom. The number of aromatic nitrogens is 2. The van der Waals surface area contributed by atoms with E-state index in [9.17, 15) is 9.18 Å². The quantitative estimate of drug-likeness (QED) is 0.745. The third-order valence-corrected chi connectivity index (χ3v) is 4.71. The van der Waals surface area contributed by atoms with Crippen molar-refractivity contribution in [1.82, 2.24) is 15.3 Å². The smallest absolute Gasteiger partial charge is 0.407 e. The summed E-state index contributed by atoms with van der Waals surface area (Å²) < 4.78 is 19.4. The number of rotatable bonds is 5. The maximum absolute atomic E-state index is 14.2. The summed E-state index contributed by atoms with van der Waals surface area (Å²) >= 11 is 5.82. The van der Waals surface area contributed by atoms with Gasteiger partial charge in [-0.2, -0.15) is 4.98 Å². The summed E-state index contributed by atoms with van der Waals surface area (Å²) in [6.45, 7) is 1.77. The zero-order valence-corrected chi connectivity index (χ0v) is 15.8. The average molecular weight is 393 g/mol. The van der Waals surface area contributed by atoms with Gasteiger partial charge in [0.2, 0.25) is 5.28 Å². The van der Waals surface area contributed by atoms with Gasteiger partial charge in [-0.25, -0.2) is 14.2 Å². The summed E-state index contributed by atoms with van der Waals surface area (Å²) in [5.74, 6) is -0.401. The van der Waals surface area contributed by atoms with Crippen molar-refractivity contribution < 1.29 is 13.9 Å². The first-order valence-corrected chi connectivity index (χ1v) is 9.32. The van der Waals surface area contributed by atoms with E-state index < -0.39 is 11.9 Å². The molecule has 1 aromatic heterocycles. The number of amides is 1. The number of carbonyl (C=O) groups is 1. The monoisotopic (exact) mass is 392 g/mol. The summed E-state index contributed by atoms with van der Waals surface area (Å²) in [5.41, 5.74) is 1.13. The number of hydrogen-bond donors (Lipinski definition) is 2. The molecule has 0 saturated heterocycles. The highest BCUT2D eigenvalue weighted by atomic mass is 35.5. The summed E-state index contributed by atoms with van der Waals surface area (Å²) in [6, 6.07) is 9.45. The van der Waals surface area contributed by atoms with Gasteiger partial charge in [-0.3, -0.25) is 0 Å². The second-order valence-corrected chi connectivity index (χ2v) is 6.99. The van der Waals surface area contributed by atoms with Crippen molar-refractivity contribution in [2.45, 2.75) is 51.3 Å². The number of nitrogens with zero attached hydrogens (tertiary/aromatic N) is 2. The van der Waals surface area contributed by atoms with Crippen LogP contribution in [0.25, 0.3) is 0 Å². The summed E-state index contributed by atoms with van der Waals surface area (Å²) in [5, 5.41) is 5.98. The lowest BCUT2D eigenvalue weighted by molar-refractivity contribution is 0.132. The van der Waals surface area contributed by atoms with E-state index in [0.717, 1.165) is 24.8 Å². The molecule has 1 aromatic carbocycles. The van der Waals surface area contributed by atoms with Crippen LogP contribution in [0, 0.1) is 12.7 Å². The zero-order chi connectivity index (χ0) is 19.2. The van der Waals surface area contributed by atoms with E-state index in [1.165, 1.54) is 0 Å². The van der Waals surface area contributed by atoms with Crippen molar-refractivity contribution in [2.75, 3.05) is 5.32 Å². The van der Waals surface area contributed by atoms with Crippen LogP contribution in [-0.2, 0) is 11.3 Å². The lowest BCUT2D eigenvalue weighted by Gasteiger charge is -2.30. The van der Waals surface area contributed by atoms with Crippen molar-refractivity contribution in [3.05, 3.63) is 52.7 Å². The lowest BCUT2D eigenvalue weighted by Crippen LogP contribution is -2.42. The Morgan fingerprint density at radius 3 is 2.78 bits per heavy atom. The van der Waals surface area contributed by atoms with Crippen molar-refractivity contribution in [3.8, 4) is 0 Å². The first-order valence-electron chi connectivity index (χ1n) is 8.94. The molecular weight excluding hydrogens is 371 g/mol. The molecular formula is C19H22ClFN4O2. The maximum atomic E-state index is 14.2. The van der Waals surface area contributed by atoms with E-state index in [2.05, 4.69) is 20.6 Å². The molecule has 1 fully saturated rings.